The van der Waals surface area contributed by atoms with Gasteiger partial charge in [0.05, 0.1) is 12.8 Å². The molecule has 3 amide bonds. The quantitative estimate of drug-likeness (QED) is 0.706. The first-order valence-electron chi connectivity index (χ1n) is 9.06. The third-order valence-corrected chi connectivity index (χ3v) is 4.36. The van der Waals surface area contributed by atoms with Gasteiger partial charge in [0.1, 0.15) is 5.76 Å². The summed E-state index contributed by atoms with van der Waals surface area (Å²) in [5, 5.41) is 9.06. The molecule has 1 fully saturated rings. The van der Waals surface area contributed by atoms with E-state index in [-0.39, 0.29) is 43.0 Å². The van der Waals surface area contributed by atoms with Crippen molar-refractivity contribution in [2.45, 2.75) is 13.3 Å². The highest BCUT2D eigenvalue weighted by atomic mass is 16.5. The van der Waals surface area contributed by atoms with Gasteiger partial charge in [-0.15, -0.1) is 0 Å². The van der Waals surface area contributed by atoms with E-state index >= 15 is 0 Å². The van der Waals surface area contributed by atoms with Gasteiger partial charge in [0.25, 0.3) is 5.91 Å². The van der Waals surface area contributed by atoms with Crippen LogP contribution >= 0.6 is 0 Å². The minimum absolute atomic E-state index is 0.0260. The minimum atomic E-state index is -0.337. The molecular formula is C18H23N5O5. The summed E-state index contributed by atoms with van der Waals surface area (Å²) in [6, 6.07) is 4.85. The topological polar surface area (TPSA) is 121 Å². The first-order valence-corrected chi connectivity index (χ1v) is 9.06. The van der Waals surface area contributed by atoms with Gasteiger partial charge < -0.3 is 24.5 Å². The maximum absolute atomic E-state index is 12.3. The van der Waals surface area contributed by atoms with Crippen LogP contribution in [-0.2, 0) is 9.59 Å². The van der Waals surface area contributed by atoms with E-state index in [1.807, 2.05) is 4.90 Å². The molecule has 28 heavy (non-hydrogen) atoms. The number of aromatic nitrogens is 1. The predicted molar refractivity (Wildman–Crippen MR) is 98.5 cm³/mol. The largest absolute Gasteiger partial charge is 0.459 e. The van der Waals surface area contributed by atoms with Gasteiger partial charge in [0.15, 0.2) is 11.6 Å². The van der Waals surface area contributed by atoms with E-state index < -0.39 is 0 Å². The number of anilines is 1. The molecule has 150 valence electrons. The summed E-state index contributed by atoms with van der Waals surface area (Å²) in [6.07, 6.45) is 1.64. The van der Waals surface area contributed by atoms with Crippen molar-refractivity contribution >= 4 is 23.5 Å². The fourth-order valence-corrected chi connectivity index (χ4v) is 2.90. The van der Waals surface area contributed by atoms with Gasteiger partial charge in [0.2, 0.25) is 11.8 Å². The molecule has 1 saturated heterocycles. The molecule has 10 nitrogen and oxygen atoms in total. The molecule has 1 aliphatic rings. The fourth-order valence-electron chi connectivity index (χ4n) is 2.90. The zero-order chi connectivity index (χ0) is 19.9. The number of rotatable bonds is 7. The highest BCUT2D eigenvalue weighted by Gasteiger charge is 2.22. The summed E-state index contributed by atoms with van der Waals surface area (Å²) < 4.78 is 9.91. The summed E-state index contributed by atoms with van der Waals surface area (Å²) in [6.45, 7) is 4.53. The van der Waals surface area contributed by atoms with Crippen LogP contribution < -0.4 is 10.6 Å². The molecule has 0 aromatic carbocycles. The van der Waals surface area contributed by atoms with Crippen LogP contribution in [0.5, 0.6) is 0 Å². The summed E-state index contributed by atoms with van der Waals surface area (Å²) in [5.41, 5.74) is 0. The second kappa shape index (κ2) is 9.18. The summed E-state index contributed by atoms with van der Waals surface area (Å²) in [4.78, 5) is 39.8. The van der Waals surface area contributed by atoms with Crippen molar-refractivity contribution in [3.05, 3.63) is 36.0 Å². The number of carbonyl (C=O) groups is 3. The lowest BCUT2D eigenvalue weighted by atomic mass is 10.2. The maximum atomic E-state index is 12.3. The second-order valence-electron chi connectivity index (χ2n) is 6.51. The Balaban J connectivity index is 1.33. The van der Waals surface area contributed by atoms with Crippen LogP contribution in [0.25, 0.3) is 0 Å². The van der Waals surface area contributed by atoms with Crippen molar-refractivity contribution in [3.8, 4) is 0 Å². The highest BCUT2D eigenvalue weighted by Crippen LogP contribution is 2.08. The fraction of sp³-hybridized carbons (Fsp3) is 0.444. The van der Waals surface area contributed by atoms with Crippen molar-refractivity contribution in [2.75, 3.05) is 44.6 Å². The van der Waals surface area contributed by atoms with E-state index in [2.05, 4.69) is 15.8 Å². The van der Waals surface area contributed by atoms with Gasteiger partial charge in [-0.3, -0.25) is 19.3 Å². The van der Waals surface area contributed by atoms with E-state index in [9.17, 15) is 14.4 Å². The van der Waals surface area contributed by atoms with Crippen LogP contribution in [0, 0.1) is 6.92 Å². The molecule has 3 rings (SSSR count). The molecule has 3 heterocycles. The predicted octanol–water partition coefficient (Wildman–Crippen LogP) is 0.479. The number of nitrogens with one attached hydrogen (secondary N) is 2. The lowest BCUT2D eigenvalue weighted by Crippen LogP contribution is -2.50. The van der Waals surface area contributed by atoms with E-state index in [4.69, 9.17) is 8.94 Å². The molecule has 0 saturated carbocycles. The van der Waals surface area contributed by atoms with E-state index in [0.29, 0.717) is 37.8 Å². The SMILES string of the molecule is Cc1cc(NC(=O)CN2CCN(C(=O)CCNC(=O)c3ccco3)CC2)no1. The summed E-state index contributed by atoms with van der Waals surface area (Å²) >= 11 is 0. The van der Waals surface area contributed by atoms with Gasteiger partial charge in [-0.05, 0) is 19.1 Å². The molecule has 0 unspecified atom stereocenters. The number of furan rings is 1. The summed E-state index contributed by atoms with van der Waals surface area (Å²) in [5.74, 6) is 0.711. The van der Waals surface area contributed by atoms with Gasteiger partial charge in [-0.1, -0.05) is 5.16 Å². The van der Waals surface area contributed by atoms with Gasteiger partial charge in [-0.2, -0.15) is 0 Å². The molecule has 0 atom stereocenters. The Morgan fingerprint density at radius 3 is 2.64 bits per heavy atom. The van der Waals surface area contributed by atoms with Crippen LogP contribution in [0.3, 0.4) is 0 Å². The Morgan fingerprint density at radius 1 is 1.21 bits per heavy atom. The zero-order valence-electron chi connectivity index (χ0n) is 15.6. The van der Waals surface area contributed by atoms with Gasteiger partial charge in [-0.25, -0.2) is 0 Å². The Kier molecular flexibility index (Phi) is 6.43. The number of aryl methyl sites for hydroxylation is 1. The molecular weight excluding hydrogens is 366 g/mol. The van der Waals surface area contributed by atoms with Crippen LogP contribution in [0.1, 0.15) is 22.7 Å². The lowest BCUT2D eigenvalue weighted by Gasteiger charge is -2.34. The molecule has 0 spiro atoms. The number of nitrogens with zero attached hydrogens (tertiary/aromatic N) is 3. The Labute approximate surface area is 161 Å². The highest BCUT2D eigenvalue weighted by molar-refractivity contribution is 5.92. The average molecular weight is 389 g/mol. The number of piperazine rings is 1. The lowest BCUT2D eigenvalue weighted by molar-refractivity contribution is -0.132. The number of hydrogen-bond acceptors (Lipinski definition) is 7. The standard InChI is InChI=1S/C18H23N5O5/c1-13-11-15(21-28-13)20-16(24)12-22-6-8-23(9-7-22)17(25)4-5-19-18(26)14-3-2-10-27-14/h2-3,10-11H,4-9,12H2,1H3,(H,19,26)(H,20,21,24). The molecule has 10 heteroatoms. The van der Waals surface area contributed by atoms with Crippen molar-refractivity contribution < 1.29 is 23.3 Å². The molecule has 0 aliphatic carbocycles. The molecule has 2 aromatic heterocycles. The van der Waals surface area contributed by atoms with Crippen LogP contribution in [0.15, 0.2) is 33.4 Å². The zero-order valence-corrected chi connectivity index (χ0v) is 15.6. The molecule has 1 aliphatic heterocycles. The van der Waals surface area contributed by atoms with Crippen molar-refractivity contribution in [1.82, 2.24) is 20.3 Å². The first kappa shape index (κ1) is 19.6. The van der Waals surface area contributed by atoms with Crippen LogP contribution in [-0.4, -0.2) is 71.9 Å². The third kappa shape index (κ3) is 5.43. The first-order chi connectivity index (χ1) is 13.5. The smallest absolute Gasteiger partial charge is 0.286 e. The van der Waals surface area contributed by atoms with Gasteiger partial charge >= 0.3 is 0 Å². The molecule has 2 aromatic rings. The minimum Gasteiger partial charge on any atom is -0.459 e. The molecule has 2 N–H and O–H groups in total. The Hall–Kier alpha value is -3.14. The average Bonchev–Trinajstić information content (AvgIpc) is 3.34. The molecule has 0 radical (unpaired) electrons. The van der Waals surface area contributed by atoms with Crippen molar-refractivity contribution in [1.29, 1.82) is 0 Å². The van der Waals surface area contributed by atoms with E-state index in [0.717, 1.165) is 0 Å². The summed E-state index contributed by atoms with van der Waals surface area (Å²) in [7, 11) is 0. The van der Waals surface area contributed by atoms with E-state index in [1.54, 1.807) is 30.0 Å². The monoisotopic (exact) mass is 389 g/mol. The maximum Gasteiger partial charge on any atom is 0.286 e. The molecule has 0 bridgehead atoms. The van der Waals surface area contributed by atoms with E-state index in [1.165, 1.54) is 6.26 Å². The van der Waals surface area contributed by atoms with Crippen LogP contribution in [0.4, 0.5) is 5.82 Å². The third-order valence-electron chi connectivity index (χ3n) is 4.36. The second-order valence-corrected chi connectivity index (χ2v) is 6.51. The number of carbonyl (C=O) groups excluding carboxylic acids is 3. The van der Waals surface area contributed by atoms with Gasteiger partial charge in [0, 0.05) is 45.2 Å². The van der Waals surface area contributed by atoms with Crippen molar-refractivity contribution in [3.63, 3.8) is 0 Å². The Bertz CT molecular complexity index is 808. The normalized spacial score (nSPS) is 14.7. The number of hydrogen-bond donors (Lipinski definition) is 2. The number of amides is 3. The van der Waals surface area contributed by atoms with Crippen LogP contribution in [0.2, 0.25) is 0 Å². The van der Waals surface area contributed by atoms with Crippen molar-refractivity contribution in [2.24, 2.45) is 0 Å². The Morgan fingerprint density at radius 2 is 2.00 bits per heavy atom.